The van der Waals surface area contributed by atoms with Crippen molar-refractivity contribution in [1.82, 2.24) is 0 Å². The van der Waals surface area contributed by atoms with E-state index in [1.54, 1.807) is 0 Å². The number of rotatable bonds is 8. The monoisotopic (exact) mass is 354 g/mol. The van der Waals surface area contributed by atoms with E-state index < -0.39 is 67.3 Å². The van der Waals surface area contributed by atoms with Crippen LogP contribution in [0.1, 0.15) is 19.8 Å². The summed E-state index contributed by atoms with van der Waals surface area (Å²) < 4.78 is 5.38. The Labute approximate surface area is 138 Å². The van der Waals surface area contributed by atoms with Gasteiger partial charge in [-0.3, -0.25) is 0 Å². The molecule has 1 aliphatic rings. The van der Waals surface area contributed by atoms with Crippen LogP contribution >= 0.6 is 0 Å². The molecule has 1 rings (SSSR count). The number of ether oxygens (including phenoxy) is 1. The molecule has 0 unspecified atom stereocenters. The Hall–Kier alpha value is -0.850. The van der Waals surface area contributed by atoms with E-state index in [9.17, 15) is 40.5 Å². The van der Waals surface area contributed by atoms with Crippen LogP contribution in [0.2, 0.25) is 0 Å². The summed E-state index contributed by atoms with van der Waals surface area (Å²) in [7, 11) is 0. The van der Waals surface area contributed by atoms with Gasteiger partial charge in [-0.25, -0.2) is 4.79 Å². The van der Waals surface area contributed by atoms with Crippen LogP contribution in [0.25, 0.3) is 0 Å². The normalized spacial score (nSPS) is 35.9. The van der Waals surface area contributed by atoms with Crippen LogP contribution in [-0.4, -0.2) is 102 Å². The molecule has 1 aliphatic carbocycles. The maximum atomic E-state index is 10.8. The number of carboxylic acids is 1. The summed E-state index contributed by atoms with van der Waals surface area (Å²) in [6.07, 6.45) is -12.9. The van der Waals surface area contributed by atoms with Crippen LogP contribution in [0.15, 0.2) is 0 Å². The van der Waals surface area contributed by atoms with Gasteiger partial charge >= 0.3 is 5.97 Å². The van der Waals surface area contributed by atoms with Crippen molar-refractivity contribution in [2.24, 2.45) is 5.92 Å². The smallest absolute Gasteiger partial charge is 0.335 e. The van der Waals surface area contributed by atoms with Crippen molar-refractivity contribution >= 4 is 5.97 Å². The Bertz CT molecular complexity index is 403. The Balaban J connectivity index is 2.94. The fourth-order valence-electron chi connectivity index (χ4n) is 2.76. The molecule has 0 amide bonds. The molecule has 0 aliphatic heterocycles. The molecule has 1 saturated carbocycles. The molecule has 0 aromatic heterocycles. The minimum atomic E-state index is -2.22. The van der Waals surface area contributed by atoms with Crippen molar-refractivity contribution in [3.05, 3.63) is 0 Å². The largest absolute Gasteiger partial charge is 0.479 e. The van der Waals surface area contributed by atoms with E-state index in [-0.39, 0.29) is 12.8 Å². The zero-order valence-corrected chi connectivity index (χ0v) is 13.2. The number of carbonyl (C=O) groups is 1. The van der Waals surface area contributed by atoms with Crippen molar-refractivity contribution in [3.8, 4) is 0 Å². The molecule has 10 nitrogen and oxygen atoms in total. The third-order valence-electron chi connectivity index (χ3n) is 4.38. The summed E-state index contributed by atoms with van der Waals surface area (Å²) >= 11 is 0. The lowest BCUT2D eigenvalue weighted by molar-refractivity contribution is -0.224. The fourth-order valence-corrected chi connectivity index (χ4v) is 2.76. The number of aliphatic hydroxyl groups is 7. The highest BCUT2D eigenvalue weighted by Gasteiger charge is 2.46. The molecule has 0 bridgehead atoms. The average Bonchev–Trinajstić information content (AvgIpc) is 2.57. The van der Waals surface area contributed by atoms with Crippen LogP contribution in [0.5, 0.6) is 0 Å². The van der Waals surface area contributed by atoms with Gasteiger partial charge in [0.05, 0.1) is 18.3 Å². The maximum Gasteiger partial charge on any atom is 0.335 e. The van der Waals surface area contributed by atoms with Crippen molar-refractivity contribution < 1.29 is 50.4 Å². The number of aliphatic carboxylic acids is 1. The van der Waals surface area contributed by atoms with Crippen LogP contribution in [-0.2, 0) is 9.53 Å². The summed E-state index contributed by atoms with van der Waals surface area (Å²) in [6.45, 7) is 1.04. The second kappa shape index (κ2) is 9.02. The first kappa shape index (κ1) is 21.2. The topological polar surface area (TPSA) is 188 Å². The fraction of sp³-hybridized carbons (Fsp3) is 0.929. The van der Waals surface area contributed by atoms with E-state index >= 15 is 0 Å². The van der Waals surface area contributed by atoms with Gasteiger partial charge in [-0.2, -0.15) is 0 Å². The second-order valence-electron chi connectivity index (χ2n) is 6.04. The average molecular weight is 354 g/mol. The number of carboxylic acid groups (broad SMARTS) is 1. The molecule has 1 fully saturated rings. The van der Waals surface area contributed by atoms with Gasteiger partial charge in [0, 0.05) is 12.5 Å². The number of hydrogen-bond acceptors (Lipinski definition) is 9. The van der Waals surface area contributed by atoms with Crippen LogP contribution in [0, 0.1) is 5.92 Å². The molecule has 9 atom stereocenters. The van der Waals surface area contributed by atoms with Crippen molar-refractivity contribution in [2.45, 2.75) is 68.6 Å². The Kier molecular flexibility index (Phi) is 7.96. The predicted molar refractivity (Wildman–Crippen MR) is 77.8 cm³/mol. The summed E-state index contributed by atoms with van der Waals surface area (Å²) in [5.41, 5.74) is 0. The van der Waals surface area contributed by atoms with Gasteiger partial charge in [-0.15, -0.1) is 0 Å². The highest BCUT2D eigenvalue weighted by atomic mass is 16.5. The zero-order valence-electron chi connectivity index (χ0n) is 13.2. The first-order valence-electron chi connectivity index (χ1n) is 7.73. The van der Waals surface area contributed by atoms with Gasteiger partial charge in [0.25, 0.3) is 0 Å². The van der Waals surface area contributed by atoms with Crippen molar-refractivity contribution in [1.29, 1.82) is 0 Å². The summed E-state index contributed by atoms with van der Waals surface area (Å²) in [5, 5.41) is 76.9. The quantitative estimate of drug-likeness (QED) is 0.216. The molecule has 10 heteroatoms. The van der Waals surface area contributed by atoms with Crippen molar-refractivity contribution in [2.75, 3.05) is 6.61 Å². The summed E-state index contributed by atoms with van der Waals surface area (Å²) in [5.74, 6) is -2.53. The molecule has 24 heavy (non-hydrogen) atoms. The molecule has 0 spiro atoms. The van der Waals surface area contributed by atoms with E-state index in [0.717, 1.165) is 0 Å². The van der Waals surface area contributed by atoms with Gasteiger partial charge in [-0.05, 0) is 12.8 Å². The predicted octanol–water partition coefficient (Wildman–Crippen LogP) is -3.59. The van der Waals surface area contributed by atoms with Crippen LogP contribution in [0.3, 0.4) is 0 Å². The molecule has 0 radical (unpaired) electrons. The zero-order chi connectivity index (χ0) is 18.6. The Morgan fingerprint density at radius 2 is 1.71 bits per heavy atom. The van der Waals surface area contributed by atoms with Crippen LogP contribution in [0.4, 0.5) is 0 Å². The maximum absolute atomic E-state index is 10.8. The van der Waals surface area contributed by atoms with Gasteiger partial charge in [0.2, 0.25) is 0 Å². The molecule has 8 N–H and O–H groups in total. The molecule has 0 aromatic carbocycles. The van der Waals surface area contributed by atoms with E-state index in [0.29, 0.717) is 0 Å². The minimum absolute atomic E-state index is 0.0610. The lowest BCUT2D eigenvalue weighted by Gasteiger charge is -2.42. The summed E-state index contributed by atoms with van der Waals surface area (Å²) in [6, 6.07) is 0. The standard InChI is InChI=1S/C14H26O10/c1-2-6(16)13(11(20)12(21)14(22)23)24-7-3-5(4-15)8(17)10(19)9(7)18/h5-13,15-21H,2-4H2,1H3,(H,22,23)/t5-,6-,7-,8+,9+,10+,11-,12-,13-/m1/s1. The Morgan fingerprint density at radius 3 is 2.17 bits per heavy atom. The molecule has 0 heterocycles. The van der Waals surface area contributed by atoms with E-state index in [1.807, 2.05) is 0 Å². The third-order valence-corrected chi connectivity index (χ3v) is 4.38. The van der Waals surface area contributed by atoms with Gasteiger partial charge in [0.15, 0.2) is 6.10 Å². The minimum Gasteiger partial charge on any atom is -0.479 e. The highest BCUT2D eigenvalue weighted by molar-refractivity contribution is 5.72. The van der Waals surface area contributed by atoms with Gasteiger partial charge in [0.1, 0.15) is 24.4 Å². The molecular weight excluding hydrogens is 328 g/mol. The molecule has 0 saturated heterocycles. The third kappa shape index (κ3) is 4.61. The van der Waals surface area contributed by atoms with Gasteiger partial charge in [-0.1, -0.05) is 6.92 Å². The highest BCUT2D eigenvalue weighted by Crippen LogP contribution is 2.30. The molecule has 142 valence electrons. The number of hydrogen-bond donors (Lipinski definition) is 8. The van der Waals surface area contributed by atoms with E-state index in [1.165, 1.54) is 6.92 Å². The van der Waals surface area contributed by atoms with Crippen molar-refractivity contribution in [3.63, 3.8) is 0 Å². The first-order valence-corrected chi connectivity index (χ1v) is 7.73. The summed E-state index contributed by atoms with van der Waals surface area (Å²) in [4.78, 5) is 10.8. The van der Waals surface area contributed by atoms with E-state index in [2.05, 4.69) is 0 Å². The first-order chi connectivity index (χ1) is 11.1. The molecular formula is C14H26O10. The lowest BCUT2D eigenvalue weighted by atomic mass is 9.81. The molecule has 0 aromatic rings. The van der Waals surface area contributed by atoms with E-state index in [4.69, 9.17) is 9.84 Å². The second-order valence-corrected chi connectivity index (χ2v) is 6.04. The number of aliphatic hydroxyl groups excluding tert-OH is 7. The Morgan fingerprint density at radius 1 is 1.12 bits per heavy atom. The lowest BCUT2D eigenvalue weighted by Crippen LogP contribution is -2.58. The SMILES string of the molecule is CC[C@@H](O)[C@@H](O[C@@H]1C[C@H](CO)[C@H](O)[C@H](O)[C@H]1O)[C@H](O)[C@@H](O)C(=O)O. The van der Waals surface area contributed by atoms with Gasteiger partial charge < -0.3 is 45.6 Å². The van der Waals surface area contributed by atoms with Crippen LogP contribution < -0.4 is 0 Å².